The van der Waals surface area contributed by atoms with Gasteiger partial charge < -0.3 is 9.47 Å². The lowest BCUT2D eigenvalue weighted by atomic mass is 10.0. The van der Waals surface area contributed by atoms with Gasteiger partial charge in [0.2, 0.25) is 0 Å². The van der Waals surface area contributed by atoms with E-state index in [4.69, 9.17) is 9.47 Å². The smallest absolute Gasteiger partial charge is 0.323 e. The maximum atomic E-state index is 12.2. The predicted octanol–water partition coefficient (Wildman–Crippen LogP) is 3.13. The Labute approximate surface area is 184 Å². The standard InChI is InChI=1S/C24H34N4O3/c1-4-28-17-21(18(2)25-28)16-26-11-12-31-23-9-8-19(13-20(23)15-26)14-27-10-6-5-7-22(27)24(29)30-3/h8-9,13,17,22H,4-7,10-12,14-16H2,1-3H3. The maximum Gasteiger partial charge on any atom is 0.323 e. The van der Waals surface area contributed by atoms with E-state index in [0.29, 0.717) is 6.61 Å². The molecule has 7 nitrogen and oxygen atoms in total. The van der Waals surface area contributed by atoms with Crippen LogP contribution in [0.1, 0.15) is 48.6 Å². The molecular formula is C24H34N4O3. The van der Waals surface area contributed by atoms with Gasteiger partial charge in [0.1, 0.15) is 18.4 Å². The van der Waals surface area contributed by atoms with Gasteiger partial charge in [-0.05, 0) is 50.9 Å². The Balaban J connectivity index is 1.48. The second-order valence-corrected chi connectivity index (χ2v) is 8.60. The highest BCUT2D eigenvalue weighted by Gasteiger charge is 2.29. The van der Waals surface area contributed by atoms with Gasteiger partial charge in [0.25, 0.3) is 0 Å². The van der Waals surface area contributed by atoms with Gasteiger partial charge in [0.05, 0.1) is 12.8 Å². The molecule has 0 radical (unpaired) electrons. The highest BCUT2D eigenvalue weighted by atomic mass is 16.5. The minimum atomic E-state index is -0.136. The highest BCUT2D eigenvalue weighted by Crippen LogP contribution is 2.27. The minimum absolute atomic E-state index is 0.119. The van der Waals surface area contributed by atoms with E-state index in [9.17, 15) is 4.79 Å². The first-order valence-electron chi connectivity index (χ1n) is 11.4. The number of hydrogen-bond acceptors (Lipinski definition) is 6. The van der Waals surface area contributed by atoms with Crippen molar-refractivity contribution in [3.63, 3.8) is 0 Å². The molecule has 1 aromatic heterocycles. The number of nitrogens with zero attached hydrogens (tertiary/aromatic N) is 4. The number of aromatic nitrogens is 2. The number of methoxy groups -OCH3 is 1. The second kappa shape index (κ2) is 9.83. The first-order chi connectivity index (χ1) is 15.1. The second-order valence-electron chi connectivity index (χ2n) is 8.60. The molecule has 0 amide bonds. The number of aryl methyl sites for hydroxylation is 2. The maximum absolute atomic E-state index is 12.2. The third kappa shape index (κ3) is 5.10. The SMILES string of the molecule is CCn1cc(CN2CCOc3ccc(CN4CCCCC4C(=O)OC)cc3C2)c(C)n1. The third-order valence-corrected chi connectivity index (χ3v) is 6.42. The summed E-state index contributed by atoms with van der Waals surface area (Å²) in [4.78, 5) is 16.9. The average molecular weight is 427 g/mol. The number of carbonyl (C=O) groups is 1. The molecule has 1 aromatic carbocycles. The van der Waals surface area contributed by atoms with E-state index in [-0.39, 0.29) is 12.0 Å². The average Bonchev–Trinajstić information content (AvgIpc) is 3.01. The molecular weight excluding hydrogens is 392 g/mol. The Kier molecular flexibility index (Phi) is 6.92. The fourth-order valence-corrected chi connectivity index (χ4v) is 4.67. The van der Waals surface area contributed by atoms with E-state index >= 15 is 0 Å². The number of piperidine rings is 1. The summed E-state index contributed by atoms with van der Waals surface area (Å²) in [6.45, 7) is 10.1. The zero-order valence-electron chi connectivity index (χ0n) is 19.0. The lowest BCUT2D eigenvalue weighted by molar-refractivity contribution is -0.148. The quantitative estimate of drug-likeness (QED) is 0.662. The predicted molar refractivity (Wildman–Crippen MR) is 119 cm³/mol. The summed E-state index contributed by atoms with van der Waals surface area (Å²) in [5.41, 5.74) is 4.80. The van der Waals surface area contributed by atoms with E-state index in [1.54, 1.807) is 0 Å². The Morgan fingerprint density at radius 2 is 2.13 bits per heavy atom. The van der Waals surface area contributed by atoms with E-state index in [0.717, 1.165) is 70.0 Å². The molecule has 0 bridgehead atoms. The zero-order chi connectivity index (χ0) is 21.8. The van der Waals surface area contributed by atoms with Gasteiger partial charge in [-0.25, -0.2) is 0 Å². The van der Waals surface area contributed by atoms with Gasteiger partial charge in [-0.15, -0.1) is 0 Å². The molecule has 2 aromatic rings. The molecule has 0 aliphatic carbocycles. The molecule has 0 spiro atoms. The number of carbonyl (C=O) groups excluding carboxylic acids is 1. The van der Waals surface area contributed by atoms with Crippen molar-refractivity contribution in [3.05, 3.63) is 46.8 Å². The summed E-state index contributed by atoms with van der Waals surface area (Å²) < 4.78 is 13.1. The number of fused-ring (bicyclic) bond motifs is 1. The summed E-state index contributed by atoms with van der Waals surface area (Å²) in [7, 11) is 1.48. The van der Waals surface area contributed by atoms with Crippen LogP contribution in [0.5, 0.6) is 5.75 Å². The molecule has 3 heterocycles. The molecule has 168 valence electrons. The van der Waals surface area contributed by atoms with Gasteiger partial charge in [0.15, 0.2) is 0 Å². The van der Waals surface area contributed by atoms with Crippen LogP contribution in [0.3, 0.4) is 0 Å². The van der Waals surface area contributed by atoms with E-state index < -0.39 is 0 Å². The number of benzene rings is 1. The lowest BCUT2D eigenvalue weighted by Gasteiger charge is -2.33. The molecule has 31 heavy (non-hydrogen) atoms. The van der Waals surface area contributed by atoms with Crippen LogP contribution in [-0.2, 0) is 35.7 Å². The summed E-state index contributed by atoms with van der Waals surface area (Å²) in [5.74, 6) is 0.849. The number of ether oxygens (including phenoxy) is 2. The van der Waals surface area contributed by atoms with Crippen LogP contribution in [0.25, 0.3) is 0 Å². The third-order valence-electron chi connectivity index (χ3n) is 6.42. The van der Waals surface area contributed by atoms with Crippen LogP contribution < -0.4 is 4.74 Å². The van der Waals surface area contributed by atoms with Crippen LogP contribution in [0.15, 0.2) is 24.4 Å². The Bertz CT molecular complexity index is 910. The van der Waals surface area contributed by atoms with E-state index in [1.807, 2.05) is 4.68 Å². The van der Waals surface area contributed by atoms with Gasteiger partial charge in [0, 0.05) is 50.0 Å². The molecule has 0 N–H and O–H groups in total. The number of hydrogen-bond donors (Lipinski definition) is 0. The molecule has 2 aliphatic heterocycles. The summed E-state index contributed by atoms with van der Waals surface area (Å²) >= 11 is 0. The van der Waals surface area contributed by atoms with Gasteiger partial charge in [-0.2, -0.15) is 5.10 Å². The van der Waals surface area contributed by atoms with Crippen LogP contribution in [0, 0.1) is 6.92 Å². The molecule has 1 unspecified atom stereocenters. The normalized spacial score (nSPS) is 20.0. The van der Waals surface area contributed by atoms with Crippen LogP contribution in [0.2, 0.25) is 0 Å². The topological polar surface area (TPSA) is 59.8 Å². The minimum Gasteiger partial charge on any atom is -0.492 e. The zero-order valence-corrected chi connectivity index (χ0v) is 19.0. The summed E-state index contributed by atoms with van der Waals surface area (Å²) in [6, 6.07) is 6.33. The molecule has 1 saturated heterocycles. The fourth-order valence-electron chi connectivity index (χ4n) is 4.67. The molecule has 1 fully saturated rings. The molecule has 0 saturated carbocycles. The van der Waals surface area contributed by atoms with Crippen molar-refractivity contribution in [3.8, 4) is 5.75 Å². The first-order valence-corrected chi connectivity index (χ1v) is 11.4. The number of likely N-dealkylation sites (tertiary alicyclic amines) is 1. The largest absolute Gasteiger partial charge is 0.492 e. The van der Waals surface area contributed by atoms with E-state index in [1.165, 1.54) is 23.8 Å². The number of esters is 1. The van der Waals surface area contributed by atoms with Gasteiger partial charge in [-0.3, -0.25) is 19.3 Å². The Morgan fingerprint density at radius 3 is 2.90 bits per heavy atom. The molecule has 2 aliphatic rings. The summed E-state index contributed by atoms with van der Waals surface area (Å²) in [6.07, 6.45) is 5.23. The molecule has 7 heteroatoms. The lowest BCUT2D eigenvalue weighted by Crippen LogP contribution is -2.44. The van der Waals surface area contributed by atoms with Crippen LogP contribution >= 0.6 is 0 Å². The van der Waals surface area contributed by atoms with Crippen LogP contribution in [0.4, 0.5) is 0 Å². The van der Waals surface area contributed by atoms with Crippen molar-refractivity contribution in [1.82, 2.24) is 19.6 Å². The molecule has 4 rings (SSSR count). The van der Waals surface area contributed by atoms with Crippen molar-refractivity contribution in [2.45, 2.75) is 65.3 Å². The van der Waals surface area contributed by atoms with Crippen molar-refractivity contribution < 1.29 is 14.3 Å². The Morgan fingerprint density at radius 1 is 1.26 bits per heavy atom. The fraction of sp³-hybridized carbons (Fsp3) is 0.583. The number of rotatable bonds is 6. The first kappa shape index (κ1) is 21.8. The van der Waals surface area contributed by atoms with Crippen molar-refractivity contribution >= 4 is 5.97 Å². The highest BCUT2D eigenvalue weighted by molar-refractivity contribution is 5.75. The van der Waals surface area contributed by atoms with Gasteiger partial charge >= 0.3 is 5.97 Å². The van der Waals surface area contributed by atoms with Crippen molar-refractivity contribution in [2.24, 2.45) is 0 Å². The summed E-state index contributed by atoms with van der Waals surface area (Å²) in [5, 5.41) is 4.59. The van der Waals surface area contributed by atoms with E-state index in [2.05, 4.69) is 53.1 Å². The van der Waals surface area contributed by atoms with Crippen LogP contribution in [-0.4, -0.2) is 58.4 Å². The van der Waals surface area contributed by atoms with Crippen molar-refractivity contribution in [2.75, 3.05) is 26.8 Å². The Hall–Kier alpha value is -2.38. The van der Waals surface area contributed by atoms with Gasteiger partial charge in [-0.1, -0.05) is 12.5 Å². The monoisotopic (exact) mass is 426 g/mol. The van der Waals surface area contributed by atoms with Crippen molar-refractivity contribution in [1.29, 1.82) is 0 Å². The molecule has 1 atom stereocenters.